The Morgan fingerprint density at radius 1 is 0.882 bits per heavy atom. The van der Waals surface area contributed by atoms with Crippen LogP contribution in [-0.2, 0) is 19.2 Å². The molecule has 7 rings (SSSR count). The van der Waals surface area contributed by atoms with Crippen LogP contribution in [0.25, 0.3) is 12.2 Å². The second-order valence-electron chi connectivity index (χ2n) is 13.2. The lowest BCUT2D eigenvalue weighted by atomic mass is 9.56. The standard InChI is InChI=1S/C39H36Cl2N2O8/c1-42-36(47)38(40)21-29-26(33(39(38,41)37(42)48)27-6-4-5-7-31(27)51-19-18-44)15-16-28-32(29)35(46)43(34(28)45)24-12-9-22(10-13-24)8-11-23-20-25(49-2)14-17-30(23)50-3/h4-15,17,20,28-29,32-33,44H,16,18-19,21H2,1-3H3/t28-,29+,32-,33+,38+,39-/m0/s1. The van der Waals surface area contributed by atoms with Crippen LogP contribution in [0.1, 0.15) is 35.4 Å². The molecule has 2 aliphatic carbocycles. The van der Waals surface area contributed by atoms with Gasteiger partial charge in [-0.3, -0.25) is 29.0 Å². The number of benzene rings is 3. The topological polar surface area (TPSA) is 123 Å². The molecule has 3 fully saturated rings. The average Bonchev–Trinajstić information content (AvgIpc) is 3.47. The molecule has 0 radical (unpaired) electrons. The molecule has 12 heteroatoms. The molecule has 51 heavy (non-hydrogen) atoms. The molecular weight excluding hydrogens is 695 g/mol. The summed E-state index contributed by atoms with van der Waals surface area (Å²) in [6.07, 6.45) is 5.79. The van der Waals surface area contributed by atoms with Crippen molar-refractivity contribution >= 4 is 64.7 Å². The molecule has 4 aliphatic rings. The summed E-state index contributed by atoms with van der Waals surface area (Å²) in [7, 11) is 4.54. The number of amides is 4. The quantitative estimate of drug-likeness (QED) is 0.134. The van der Waals surface area contributed by atoms with Crippen LogP contribution in [-0.4, -0.2) is 77.9 Å². The fourth-order valence-electron chi connectivity index (χ4n) is 8.24. The van der Waals surface area contributed by atoms with E-state index in [-0.39, 0.29) is 32.0 Å². The summed E-state index contributed by atoms with van der Waals surface area (Å²) >= 11 is 14.6. The summed E-state index contributed by atoms with van der Waals surface area (Å²) in [5.41, 5.74) is 3.23. The maximum Gasteiger partial charge on any atom is 0.253 e. The van der Waals surface area contributed by atoms with Gasteiger partial charge in [0.25, 0.3) is 11.8 Å². The third-order valence-electron chi connectivity index (χ3n) is 10.6. The monoisotopic (exact) mass is 730 g/mol. The van der Waals surface area contributed by atoms with Gasteiger partial charge in [-0.25, -0.2) is 0 Å². The van der Waals surface area contributed by atoms with Gasteiger partial charge < -0.3 is 19.3 Å². The summed E-state index contributed by atoms with van der Waals surface area (Å²) in [6.45, 7) is -0.267. The molecule has 10 nitrogen and oxygen atoms in total. The van der Waals surface area contributed by atoms with Crippen LogP contribution >= 0.6 is 23.2 Å². The van der Waals surface area contributed by atoms with Gasteiger partial charge >= 0.3 is 0 Å². The van der Waals surface area contributed by atoms with Crippen molar-refractivity contribution in [2.45, 2.75) is 28.5 Å². The number of likely N-dealkylation sites (tertiary alicyclic amines) is 1. The summed E-state index contributed by atoms with van der Waals surface area (Å²) in [5, 5.41) is 9.50. The average molecular weight is 732 g/mol. The van der Waals surface area contributed by atoms with Gasteiger partial charge in [0.05, 0.1) is 38.3 Å². The Hall–Kier alpha value is -4.64. The second-order valence-corrected chi connectivity index (χ2v) is 14.4. The van der Waals surface area contributed by atoms with Crippen molar-refractivity contribution in [2.24, 2.45) is 17.8 Å². The van der Waals surface area contributed by atoms with Gasteiger partial charge in [-0.1, -0.05) is 54.1 Å². The Labute approximate surface area is 305 Å². The van der Waals surface area contributed by atoms with Crippen molar-refractivity contribution in [1.82, 2.24) is 4.90 Å². The molecule has 4 amide bonds. The van der Waals surface area contributed by atoms with Crippen molar-refractivity contribution in [3.8, 4) is 17.2 Å². The fraction of sp³-hybridized carbons (Fsp3) is 0.333. The van der Waals surface area contributed by atoms with Gasteiger partial charge in [-0.2, -0.15) is 0 Å². The van der Waals surface area contributed by atoms with Crippen molar-refractivity contribution in [3.05, 3.63) is 95.1 Å². The zero-order valence-electron chi connectivity index (χ0n) is 28.2. The molecule has 1 N–H and O–H groups in total. The number of anilines is 1. The largest absolute Gasteiger partial charge is 0.497 e. The van der Waals surface area contributed by atoms with E-state index >= 15 is 0 Å². The van der Waals surface area contributed by atoms with Gasteiger partial charge in [0.1, 0.15) is 23.9 Å². The van der Waals surface area contributed by atoms with Crippen LogP contribution < -0.4 is 19.1 Å². The number of nitrogens with zero attached hydrogens (tertiary/aromatic N) is 2. The number of aliphatic hydroxyl groups is 1. The number of imide groups is 2. The number of alkyl halides is 2. The summed E-state index contributed by atoms with van der Waals surface area (Å²) in [4.78, 5) is 54.4. The number of allylic oxidation sites excluding steroid dienone is 2. The number of para-hydroxylation sites is 1. The van der Waals surface area contributed by atoms with E-state index in [4.69, 9.17) is 37.4 Å². The first-order valence-electron chi connectivity index (χ1n) is 16.6. The van der Waals surface area contributed by atoms with Crippen molar-refractivity contribution in [2.75, 3.05) is 39.4 Å². The van der Waals surface area contributed by atoms with Gasteiger partial charge in [0.2, 0.25) is 11.8 Å². The molecule has 0 aromatic heterocycles. The van der Waals surface area contributed by atoms with Gasteiger partial charge in [0.15, 0.2) is 9.75 Å². The Morgan fingerprint density at radius 3 is 2.33 bits per heavy atom. The molecule has 6 atom stereocenters. The number of carbonyl (C=O) groups is 4. The SMILES string of the molecule is COc1ccc(OC)c(C=Cc2ccc(N3C(=O)[C@H]4[C@H](CC=C5[C@H]4C[C@@]4(Cl)C(=O)N(C)C(=O)[C@@]4(Cl)[C@H]5c4ccccc4OCCO)C3=O)cc2)c1. The Bertz CT molecular complexity index is 2000. The molecule has 264 valence electrons. The molecular formula is C39H36Cl2N2O8. The number of carbonyl (C=O) groups excluding carboxylic acids is 4. The number of halogens is 2. The van der Waals surface area contributed by atoms with Crippen LogP contribution in [0, 0.1) is 17.8 Å². The van der Waals surface area contributed by atoms with E-state index in [0.717, 1.165) is 16.0 Å². The third kappa shape index (κ3) is 5.26. The van der Waals surface area contributed by atoms with E-state index < -0.39 is 51.1 Å². The maximum absolute atomic E-state index is 14.4. The first kappa shape index (κ1) is 34.8. The first-order chi connectivity index (χ1) is 24.5. The summed E-state index contributed by atoms with van der Waals surface area (Å²) in [6, 6.07) is 19.5. The van der Waals surface area contributed by atoms with Crippen LogP contribution in [0.3, 0.4) is 0 Å². The highest BCUT2D eigenvalue weighted by atomic mass is 35.5. The van der Waals surface area contributed by atoms with Crippen molar-refractivity contribution < 1.29 is 38.5 Å². The molecule has 2 aliphatic heterocycles. The van der Waals surface area contributed by atoms with E-state index in [9.17, 15) is 24.3 Å². The molecule has 0 unspecified atom stereocenters. The number of methoxy groups -OCH3 is 2. The fourth-order valence-corrected chi connectivity index (χ4v) is 9.25. The lowest BCUT2D eigenvalue weighted by Crippen LogP contribution is -2.60. The number of hydrogen-bond acceptors (Lipinski definition) is 8. The van der Waals surface area contributed by atoms with E-state index in [1.165, 1.54) is 11.9 Å². The van der Waals surface area contributed by atoms with Gasteiger partial charge in [-0.15, -0.1) is 23.2 Å². The molecule has 0 bridgehead atoms. The van der Waals surface area contributed by atoms with E-state index in [1.54, 1.807) is 50.6 Å². The van der Waals surface area contributed by atoms with Crippen molar-refractivity contribution in [1.29, 1.82) is 0 Å². The van der Waals surface area contributed by atoms with E-state index in [1.807, 2.05) is 48.6 Å². The lowest BCUT2D eigenvalue weighted by Gasteiger charge is -2.51. The Balaban J connectivity index is 1.23. The number of ether oxygens (including phenoxy) is 3. The van der Waals surface area contributed by atoms with Crippen LogP contribution in [0.4, 0.5) is 5.69 Å². The molecule has 3 aromatic carbocycles. The third-order valence-corrected chi connectivity index (χ3v) is 12.0. The van der Waals surface area contributed by atoms with Crippen LogP contribution in [0.5, 0.6) is 17.2 Å². The predicted octanol–water partition coefficient (Wildman–Crippen LogP) is 5.44. The van der Waals surface area contributed by atoms with Crippen LogP contribution in [0.2, 0.25) is 0 Å². The smallest absolute Gasteiger partial charge is 0.253 e. The highest BCUT2D eigenvalue weighted by Crippen LogP contribution is 2.66. The minimum absolute atomic E-state index is 0.0171. The summed E-state index contributed by atoms with van der Waals surface area (Å²) in [5.74, 6) is -3.49. The maximum atomic E-state index is 14.4. The molecule has 2 saturated heterocycles. The number of fused-ring (bicyclic) bond motifs is 4. The normalized spacial score (nSPS) is 28.5. The minimum atomic E-state index is -1.93. The highest BCUT2D eigenvalue weighted by molar-refractivity contribution is 6.53. The lowest BCUT2D eigenvalue weighted by molar-refractivity contribution is -0.138. The second kappa shape index (κ2) is 13.2. The minimum Gasteiger partial charge on any atom is -0.497 e. The van der Waals surface area contributed by atoms with Gasteiger partial charge in [0, 0.05) is 24.1 Å². The zero-order valence-corrected chi connectivity index (χ0v) is 29.7. The van der Waals surface area contributed by atoms with Crippen molar-refractivity contribution in [3.63, 3.8) is 0 Å². The van der Waals surface area contributed by atoms with Gasteiger partial charge in [-0.05, 0) is 60.7 Å². The first-order valence-corrected chi connectivity index (χ1v) is 17.4. The van der Waals surface area contributed by atoms with E-state index in [0.29, 0.717) is 34.1 Å². The number of hydrogen-bond donors (Lipinski definition) is 1. The number of aliphatic hydroxyl groups excluding tert-OH is 1. The zero-order chi connectivity index (χ0) is 36.2. The Morgan fingerprint density at radius 2 is 1.63 bits per heavy atom. The van der Waals surface area contributed by atoms with Crippen LogP contribution in [0.15, 0.2) is 78.4 Å². The molecule has 3 aromatic rings. The predicted molar refractivity (Wildman–Crippen MR) is 192 cm³/mol. The molecule has 0 spiro atoms. The molecule has 1 saturated carbocycles. The number of rotatable bonds is 9. The Kier molecular flexibility index (Phi) is 8.98. The summed E-state index contributed by atoms with van der Waals surface area (Å²) < 4.78 is 16.7. The highest BCUT2D eigenvalue weighted by Gasteiger charge is 2.76. The molecule has 2 heterocycles. The van der Waals surface area contributed by atoms with E-state index in [2.05, 4.69) is 0 Å².